The van der Waals surface area contributed by atoms with Gasteiger partial charge >= 0.3 is 0 Å². The summed E-state index contributed by atoms with van der Waals surface area (Å²) in [6.07, 6.45) is 4.16. The molecule has 1 heterocycles. The molecule has 0 fully saturated rings. The second-order valence-electron chi connectivity index (χ2n) is 5.96. The van der Waals surface area contributed by atoms with Crippen molar-refractivity contribution < 1.29 is 0 Å². The van der Waals surface area contributed by atoms with Crippen LogP contribution in [0.4, 0.5) is 0 Å². The maximum Gasteiger partial charge on any atom is 0.191 e. The van der Waals surface area contributed by atoms with Gasteiger partial charge in [0.2, 0.25) is 0 Å². The summed E-state index contributed by atoms with van der Waals surface area (Å²) in [5, 5.41) is 10.8. The summed E-state index contributed by atoms with van der Waals surface area (Å²) in [7, 11) is 3.73. The van der Waals surface area contributed by atoms with Crippen LogP contribution in [0.5, 0.6) is 0 Å². The number of aliphatic imine (C=N–C) groups is 1. The van der Waals surface area contributed by atoms with Gasteiger partial charge in [-0.3, -0.25) is 9.67 Å². The molecule has 0 saturated heterocycles. The molecule has 1 rings (SSSR count). The Balaban J connectivity index is 2.26. The Labute approximate surface area is 116 Å². The molecule has 5 nitrogen and oxygen atoms in total. The van der Waals surface area contributed by atoms with Crippen molar-refractivity contribution in [3.8, 4) is 0 Å². The van der Waals surface area contributed by atoms with Gasteiger partial charge in [-0.05, 0) is 24.3 Å². The summed E-state index contributed by atoms with van der Waals surface area (Å²) in [6.45, 7) is 8.48. The van der Waals surface area contributed by atoms with Gasteiger partial charge in [0.15, 0.2) is 5.96 Å². The van der Waals surface area contributed by atoms with Gasteiger partial charge in [0.05, 0.1) is 12.2 Å². The van der Waals surface area contributed by atoms with E-state index in [4.69, 9.17) is 0 Å². The Hall–Kier alpha value is -1.52. The van der Waals surface area contributed by atoms with Gasteiger partial charge in [0.25, 0.3) is 0 Å². The fourth-order valence-corrected chi connectivity index (χ4v) is 1.80. The predicted molar refractivity (Wildman–Crippen MR) is 80.1 cm³/mol. The van der Waals surface area contributed by atoms with E-state index in [-0.39, 0.29) is 0 Å². The molecule has 0 aliphatic heterocycles. The van der Waals surface area contributed by atoms with Crippen LogP contribution in [0.3, 0.4) is 0 Å². The van der Waals surface area contributed by atoms with Crippen molar-refractivity contribution in [1.29, 1.82) is 0 Å². The molecule has 0 atom stereocenters. The van der Waals surface area contributed by atoms with Crippen LogP contribution in [-0.2, 0) is 13.6 Å². The minimum absolute atomic E-state index is 0.396. The van der Waals surface area contributed by atoms with Crippen molar-refractivity contribution in [2.24, 2.45) is 17.5 Å². The highest BCUT2D eigenvalue weighted by Gasteiger charge is 2.09. The van der Waals surface area contributed by atoms with Crippen LogP contribution < -0.4 is 10.6 Å². The Morgan fingerprint density at radius 2 is 2.11 bits per heavy atom. The summed E-state index contributed by atoms with van der Waals surface area (Å²) in [6, 6.07) is 2.00. The predicted octanol–water partition coefficient (Wildman–Crippen LogP) is 1.91. The Kier molecular flexibility index (Phi) is 5.86. The van der Waals surface area contributed by atoms with Gasteiger partial charge in [-0.15, -0.1) is 0 Å². The SMILES string of the molecule is CN=C(NCCCC(C)(C)C)NCc1ccnn1C. The Morgan fingerprint density at radius 3 is 2.63 bits per heavy atom. The summed E-state index contributed by atoms with van der Waals surface area (Å²) in [4.78, 5) is 4.22. The lowest BCUT2D eigenvalue weighted by Crippen LogP contribution is -2.37. The highest BCUT2D eigenvalue weighted by atomic mass is 15.3. The van der Waals surface area contributed by atoms with Crippen LogP contribution in [0, 0.1) is 5.41 Å². The lowest BCUT2D eigenvalue weighted by atomic mass is 9.91. The van der Waals surface area contributed by atoms with E-state index in [0.717, 1.165) is 31.2 Å². The molecule has 1 aromatic heterocycles. The maximum absolute atomic E-state index is 4.22. The Bertz CT molecular complexity index is 400. The lowest BCUT2D eigenvalue weighted by Gasteiger charge is -2.18. The molecular formula is C14H27N5. The van der Waals surface area contributed by atoms with Crippen LogP contribution in [0.25, 0.3) is 0 Å². The van der Waals surface area contributed by atoms with Gasteiger partial charge in [-0.1, -0.05) is 20.8 Å². The third-order valence-corrected chi connectivity index (χ3v) is 2.98. The van der Waals surface area contributed by atoms with E-state index in [0.29, 0.717) is 5.41 Å². The van der Waals surface area contributed by atoms with Crippen LogP contribution in [0.2, 0.25) is 0 Å². The molecule has 0 aromatic carbocycles. The third kappa shape index (κ3) is 6.27. The topological polar surface area (TPSA) is 54.2 Å². The molecule has 108 valence electrons. The molecule has 0 radical (unpaired) electrons. The zero-order valence-electron chi connectivity index (χ0n) is 12.8. The van der Waals surface area contributed by atoms with E-state index >= 15 is 0 Å². The van der Waals surface area contributed by atoms with Crippen molar-refractivity contribution in [3.63, 3.8) is 0 Å². The molecule has 0 spiro atoms. The first-order valence-electron chi connectivity index (χ1n) is 6.84. The van der Waals surface area contributed by atoms with Crippen LogP contribution in [0.15, 0.2) is 17.3 Å². The summed E-state index contributed by atoms with van der Waals surface area (Å²) < 4.78 is 1.86. The standard InChI is InChI=1S/C14H27N5/c1-14(2,3)8-6-9-16-13(15-4)17-11-12-7-10-18-19(12)5/h7,10H,6,8-9,11H2,1-5H3,(H2,15,16,17). The molecule has 0 amide bonds. The number of aromatic nitrogens is 2. The first kappa shape index (κ1) is 15.5. The van der Waals surface area contributed by atoms with Crippen molar-refractivity contribution >= 4 is 5.96 Å². The molecule has 0 unspecified atom stereocenters. The zero-order valence-corrected chi connectivity index (χ0v) is 12.8. The van der Waals surface area contributed by atoms with Crippen molar-refractivity contribution in [2.45, 2.75) is 40.2 Å². The Morgan fingerprint density at radius 1 is 1.37 bits per heavy atom. The largest absolute Gasteiger partial charge is 0.356 e. The monoisotopic (exact) mass is 265 g/mol. The summed E-state index contributed by atoms with van der Waals surface area (Å²) in [5.41, 5.74) is 1.53. The van der Waals surface area contributed by atoms with Crippen LogP contribution in [-0.4, -0.2) is 29.3 Å². The quantitative estimate of drug-likeness (QED) is 0.486. The molecular weight excluding hydrogens is 238 g/mol. The first-order valence-corrected chi connectivity index (χ1v) is 6.84. The van der Waals surface area contributed by atoms with Gasteiger partial charge in [0, 0.05) is 26.8 Å². The summed E-state index contributed by atoms with van der Waals surface area (Å²) >= 11 is 0. The second kappa shape index (κ2) is 7.16. The van der Waals surface area contributed by atoms with Gasteiger partial charge in [0.1, 0.15) is 0 Å². The third-order valence-electron chi connectivity index (χ3n) is 2.98. The van der Waals surface area contributed by atoms with E-state index in [1.165, 1.54) is 6.42 Å². The minimum Gasteiger partial charge on any atom is -0.356 e. The van der Waals surface area contributed by atoms with E-state index in [2.05, 4.69) is 41.5 Å². The normalized spacial score (nSPS) is 12.6. The van der Waals surface area contributed by atoms with Crippen molar-refractivity contribution in [2.75, 3.05) is 13.6 Å². The fourth-order valence-electron chi connectivity index (χ4n) is 1.80. The maximum atomic E-state index is 4.22. The van der Waals surface area contributed by atoms with Gasteiger partial charge in [-0.25, -0.2) is 0 Å². The number of nitrogens with one attached hydrogen (secondary N) is 2. The average molecular weight is 265 g/mol. The molecule has 19 heavy (non-hydrogen) atoms. The molecule has 2 N–H and O–H groups in total. The summed E-state index contributed by atoms with van der Waals surface area (Å²) in [5.74, 6) is 0.843. The number of aryl methyl sites for hydroxylation is 1. The van der Waals surface area contributed by atoms with E-state index < -0.39 is 0 Å². The molecule has 0 saturated carbocycles. The zero-order chi connectivity index (χ0) is 14.3. The number of nitrogens with zero attached hydrogens (tertiary/aromatic N) is 3. The number of guanidine groups is 1. The van der Waals surface area contributed by atoms with Crippen LogP contribution >= 0.6 is 0 Å². The van der Waals surface area contributed by atoms with E-state index in [9.17, 15) is 0 Å². The molecule has 1 aromatic rings. The van der Waals surface area contributed by atoms with Gasteiger partial charge in [-0.2, -0.15) is 5.10 Å². The number of hydrogen-bond acceptors (Lipinski definition) is 2. The minimum atomic E-state index is 0.396. The van der Waals surface area contributed by atoms with Crippen LogP contribution in [0.1, 0.15) is 39.3 Å². The van der Waals surface area contributed by atoms with E-state index in [1.54, 1.807) is 13.2 Å². The fraction of sp³-hybridized carbons (Fsp3) is 0.714. The average Bonchev–Trinajstić information content (AvgIpc) is 2.73. The molecule has 5 heteroatoms. The molecule has 0 aliphatic carbocycles. The molecule has 0 bridgehead atoms. The van der Waals surface area contributed by atoms with Crippen molar-refractivity contribution in [1.82, 2.24) is 20.4 Å². The lowest BCUT2D eigenvalue weighted by molar-refractivity contribution is 0.365. The first-order chi connectivity index (χ1) is 8.92. The van der Waals surface area contributed by atoms with E-state index in [1.807, 2.05) is 17.8 Å². The molecule has 0 aliphatic rings. The van der Waals surface area contributed by atoms with Crippen molar-refractivity contribution in [3.05, 3.63) is 18.0 Å². The second-order valence-corrected chi connectivity index (χ2v) is 5.96. The number of rotatable bonds is 5. The highest BCUT2D eigenvalue weighted by Crippen LogP contribution is 2.19. The number of hydrogen-bond donors (Lipinski definition) is 2. The smallest absolute Gasteiger partial charge is 0.191 e. The highest BCUT2D eigenvalue weighted by molar-refractivity contribution is 5.79. The van der Waals surface area contributed by atoms with Gasteiger partial charge < -0.3 is 10.6 Å².